The van der Waals surface area contributed by atoms with Gasteiger partial charge in [-0.2, -0.15) is 4.98 Å². The first kappa shape index (κ1) is 14.7. The summed E-state index contributed by atoms with van der Waals surface area (Å²) in [5, 5.41) is 3.01. The molecule has 1 saturated carbocycles. The normalized spacial score (nSPS) is 14.3. The molecule has 0 aliphatic heterocycles. The topological polar surface area (TPSA) is 77.0 Å². The van der Waals surface area contributed by atoms with Gasteiger partial charge in [-0.1, -0.05) is 17.3 Å². The molecule has 2 aromatic rings. The fourth-order valence-corrected chi connectivity index (χ4v) is 2.41. The van der Waals surface area contributed by atoms with E-state index in [1.54, 1.807) is 27.0 Å². The highest BCUT2D eigenvalue weighted by molar-refractivity contribution is 7.21. The number of thiazole rings is 1. The van der Waals surface area contributed by atoms with Gasteiger partial charge in [-0.3, -0.25) is 5.32 Å². The van der Waals surface area contributed by atoms with Crippen LogP contribution in [0.15, 0.2) is 6.20 Å². The molecule has 7 heteroatoms. The zero-order valence-corrected chi connectivity index (χ0v) is 13.5. The van der Waals surface area contributed by atoms with Crippen LogP contribution in [0.5, 0.6) is 0 Å². The number of aromatic nitrogens is 3. The maximum atomic E-state index is 11.7. The predicted octanol–water partition coefficient (Wildman–Crippen LogP) is 3.19. The monoisotopic (exact) mass is 316 g/mol. The second kappa shape index (κ2) is 5.54. The van der Waals surface area contributed by atoms with Crippen LogP contribution in [0, 0.1) is 17.8 Å². The molecular formula is C15H16N4O2S. The third kappa shape index (κ3) is 3.92. The van der Waals surface area contributed by atoms with Crippen molar-refractivity contribution in [1.82, 2.24) is 15.0 Å². The van der Waals surface area contributed by atoms with E-state index >= 15 is 0 Å². The lowest BCUT2D eigenvalue weighted by Crippen LogP contribution is -2.27. The average molecular weight is 316 g/mol. The molecule has 114 valence electrons. The van der Waals surface area contributed by atoms with E-state index < -0.39 is 11.7 Å². The third-order valence-electron chi connectivity index (χ3n) is 2.71. The van der Waals surface area contributed by atoms with E-state index in [4.69, 9.17) is 4.74 Å². The van der Waals surface area contributed by atoms with E-state index in [1.807, 2.05) is 0 Å². The van der Waals surface area contributed by atoms with Crippen LogP contribution in [0.1, 0.15) is 39.3 Å². The van der Waals surface area contributed by atoms with Crippen LogP contribution in [0.3, 0.4) is 0 Å². The van der Waals surface area contributed by atoms with Crippen LogP contribution in [-0.4, -0.2) is 26.6 Å². The second-order valence-corrected chi connectivity index (χ2v) is 7.05. The Bertz CT molecular complexity index is 778. The molecule has 22 heavy (non-hydrogen) atoms. The Morgan fingerprint density at radius 1 is 1.41 bits per heavy atom. The molecule has 0 unspecified atom stereocenters. The molecule has 1 N–H and O–H groups in total. The highest BCUT2D eigenvalue weighted by Gasteiger charge is 2.19. The minimum atomic E-state index is -0.553. The van der Waals surface area contributed by atoms with Gasteiger partial charge in [-0.15, -0.1) is 0 Å². The van der Waals surface area contributed by atoms with Gasteiger partial charge in [0.2, 0.25) is 0 Å². The van der Waals surface area contributed by atoms with Gasteiger partial charge in [0.25, 0.3) is 0 Å². The first-order valence-electron chi connectivity index (χ1n) is 7.04. The van der Waals surface area contributed by atoms with Gasteiger partial charge >= 0.3 is 6.09 Å². The summed E-state index contributed by atoms with van der Waals surface area (Å²) < 4.78 is 5.19. The molecule has 2 aromatic heterocycles. The van der Waals surface area contributed by atoms with E-state index in [2.05, 4.69) is 32.1 Å². The van der Waals surface area contributed by atoms with Crippen LogP contribution in [0.2, 0.25) is 0 Å². The standard InChI is InChI=1S/C15H16N4O2S/c1-15(2,3)21-14(20)19-13-18-11-12(22-13)17-10(8-16-11)7-6-9-4-5-9/h8-9H,4-5H2,1-3H3,(H,16,18,19,20). The van der Waals surface area contributed by atoms with Crippen LogP contribution >= 0.6 is 11.3 Å². The number of rotatable bonds is 1. The third-order valence-corrected chi connectivity index (χ3v) is 3.57. The number of hydrogen-bond donors (Lipinski definition) is 1. The number of anilines is 1. The van der Waals surface area contributed by atoms with Crippen LogP contribution in [-0.2, 0) is 4.74 Å². The Kier molecular flexibility index (Phi) is 3.71. The molecule has 1 aliphatic carbocycles. The highest BCUT2D eigenvalue weighted by atomic mass is 32.1. The number of carbonyl (C=O) groups excluding carboxylic acids is 1. The second-order valence-electron chi connectivity index (χ2n) is 6.07. The molecule has 0 saturated heterocycles. The van der Waals surface area contributed by atoms with Crippen LogP contribution in [0.25, 0.3) is 10.5 Å². The van der Waals surface area contributed by atoms with Crippen molar-refractivity contribution in [2.75, 3.05) is 5.32 Å². The molecule has 3 rings (SSSR count). The van der Waals surface area contributed by atoms with Crippen molar-refractivity contribution >= 4 is 33.0 Å². The summed E-state index contributed by atoms with van der Waals surface area (Å²) in [6.07, 6.45) is 3.41. The SMILES string of the molecule is CC(C)(C)OC(=O)Nc1nc2ncc(C#CC3CC3)nc2s1. The number of amides is 1. The van der Waals surface area contributed by atoms with Crippen molar-refractivity contribution in [2.24, 2.45) is 5.92 Å². The van der Waals surface area contributed by atoms with Crippen molar-refractivity contribution in [1.29, 1.82) is 0 Å². The summed E-state index contributed by atoms with van der Waals surface area (Å²) in [7, 11) is 0. The predicted molar refractivity (Wildman–Crippen MR) is 84.7 cm³/mol. The minimum Gasteiger partial charge on any atom is -0.444 e. The Labute approximate surface area is 132 Å². The maximum absolute atomic E-state index is 11.7. The number of carbonyl (C=O) groups is 1. The van der Waals surface area contributed by atoms with Gasteiger partial charge in [0.05, 0.1) is 6.20 Å². The Morgan fingerprint density at radius 3 is 2.86 bits per heavy atom. The number of ether oxygens (including phenoxy) is 1. The van der Waals surface area contributed by atoms with Crippen LogP contribution < -0.4 is 5.32 Å². The Hall–Kier alpha value is -2.20. The van der Waals surface area contributed by atoms with E-state index in [9.17, 15) is 4.79 Å². The molecule has 1 amide bonds. The van der Waals surface area contributed by atoms with Crippen molar-refractivity contribution in [3.8, 4) is 11.8 Å². The van der Waals surface area contributed by atoms with E-state index in [0.717, 1.165) is 0 Å². The molecular weight excluding hydrogens is 300 g/mol. The fraction of sp³-hybridized carbons (Fsp3) is 0.467. The lowest BCUT2D eigenvalue weighted by Gasteiger charge is -2.18. The molecule has 2 heterocycles. The number of hydrogen-bond acceptors (Lipinski definition) is 6. The summed E-state index contributed by atoms with van der Waals surface area (Å²) in [5.41, 5.74) is 0.572. The van der Waals surface area contributed by atoms with Gasteiger partial charge in [0, 0.05) is 5.92 Å². The van der Waals surface area contributed by atoms with Crippen molar-refractivity contribution in [3.63, 3.8) is 0 Å². The molecule has 1 aliphatic rings. The first-order chi connectivity index (χ1) is 10.4. The van der Waals surface area contributed by atoms with E-state index in [0.29, 0.717) is 27.2 Å². The largest absolute Gasteiger partial charge is 0.444 e. The minimum absolute atomic E-state index is 0.413. The molecule has 0 atom stereocenters. The molecule has 0 spiro atoms. The fourth-order valence-electron chi connectivity index (χ4n) is 1.63. The molecule has 0 radical (unpaired) electrons. The first-order valence-corrected chi connectivity index (χ1v) is 7.86. The number of fused-ring (bicyclic) bond motifs is 1. The Morgan fingerprint density at radius 2 is 2.18 bits per heavy atom. The summed E-state index contributed by atoms with van der Waals surface area (Å²) in [6, 6.07) is 0. The summed E-state index contributed by atoms with van der Waals surface area (Å²) >= 11 is 1.25. The van der Waals surface area contributed by atoms with Crippen molar-refractivity contribution in [3.05, 3.63) is 11.9 Å². The lowest BCUT2D eigenvalue weighted by atomic mass is 10.2. The number of nitrogens with one attached hydrogen (secondary N) is 1. The zero-order chi connectivity index (χ0) is 15.7. The van der Waals surface area contributed by atoms with Gasteiger partial charge < -0.3 is 4.74 Å². The molecule has 0 aromatic carbocycles. The highest BCUT2D eigenvalue weighted by Crippen LogP contribution is 2.28. The zero-order valence-electron chi connectivity index (χ0n) is 12.6. The quantitative estimate of drug-likeness (QED) is 0.818. The van der Waals surface area contributed by atoms with Gasteiger partial charge in [-0.25, -0.2) is 14.8 Å². The maximum Gasteiger partial charge on any atom is 0.413 e. The van der Waals surface area contributed by atoms with E-state index in [1.165, 1.54) is 24.2 Å². The lowest BCUT2D eigenvalue weighted by molar-refractivity contribution is 0.0636. The number of nitrogens with zero attached hydrogens (tertiary/aromatic N) is 3. The van der Waals surface area contributed by atoms with Gasteiger partial charge in [0.1, 0.15) is 11.3 Å². The summed E-state index contributed by atoms with van der Waals surface area (Å²) in [5.74, 6) is 6.68. The summed E-state index contributed by atoms with van der Waals surface area (Å²) in [4.78, 5) is 25.2. The van der Waals surface area contributed by atoms with Gasteiger partial charge in [-0.05, 0) is 39.5 Å². The Balaban J connectivity index is 1.75. The summed E-state index contributed by atoms with van der Waals surface area (Å²) in [6.45, 7) is 5.41. The molecule has 0 bridgehead atoms. The molecule has 1 fully saturated rings. The van der Waals surface area contributed by atoms with Crippen molar-refractivity contribution in [2.45, 2.75) is 39.2 Å². The van der Waals surface area contributed by atoms with Crippen LogP contribution in [0.4, 0.5) is 9.93 Å². The van der Waals surface area contributed by atoms with E-state index in [-0.39, 0.29) is 0 Å². The van der Waals surface area contributed by atoms with Gasteiger partial charge in [0.15, 0.2) is 15.6 Å². The average Bonchev–Trinajstić information content (AvgIpc) is 3.13. The smallest absolute Gasteiger partial charge is 0.413 e. The molecule has 6 nitrogen and oxygen atoms in total. The van der Waals surface area contributed by atoms with Crippen molar-refractivity contribution < 1.29 is 9.53 Å².